The Bertz CT molecular complexity index is 596. The first-order valence-electron chi connectivity index (χ1n) is 8.84. The number of aliphatic hydroxyl groups is 5. The molecule has 1 aliphatic carbocycles. The molecule has 10 heteroatoms. The van der Waals surface area contributed by atoms with Gasteiger partial charge in [-0.05, 0) is 31.8 Å². The summed E-state index contributed by atoms with van der Waals surface area (Å²) in [6.07, 6.45) is -3.51. The number of carbonyl (C=O) groups is 1. The number of aliphatic hydroxyl groups excluding tert-OH is 4. The minimum absolute atomic E-state index is 0.0129. The maximum Gasteiger partial charge on any atom is 0.303 e. The van der Waals surface area contributed by atoms with Crippen molar-refractivity contribution in [2.75, 3.05) is 6.61 Å². The monoisotopic (exact) mass is 390 g/mol. The third-order valence-corrected chi connectivity index (χ3v) is 5.58. The smallest absolute Gasteiger partial charge is 0.303 e. The van der Waals surface area contributed by atoms with Gasteiger partial charge in [0.05, 0.1) is 18.8 Å². The highest BCUT2D eigenvalue weighted by molar-refractivity contribution is 5.66. The minimum Gasteiger partial charge on any atom is -0.472 e. The highest BCUT2D eigenvalue weighted by atomic mass is 16.8. The lowest BCUT2D eigenvalue weighted by atomic mass is 9.85. The maximum atomic E-state index is 11.5. The van der Waals surface area contributed by atoms with Crippen LogP contribution in [0.25, 0.3) is 0 Å². The van der Waals surface area contributed by atoms with Gasteiger partial charge in [0.1, 0.15) is 23.9 Å². The molecule has 0 bridgehead atoms. The molecule has 0 aromatic heterocycles. The molecule has 2 aliphatic heterocycles. The van der Waals surface area contributed by atoms with Crippen molar-refractivity contribution in [1.82, 2.24) is 0 Å². The van der Waals surface area contributed by atoms with E-state index in [-0.39, 0.29) is 5.92 Å². The first kappa shape index (κ1) is 20.5. The summed E-state index contributed by atoms with van der Waals surface area (Å²) in [4.78, 5) is 11.5. The van der Waals surface area contributed by atoms with Gasteiger partial charge in [0, 0.05) is 6.92 Å². The van der Waals surface area contributed by atoms with Crippen molar-refractivity contribution in [2.45, 2.75) is 69.0 Å². The number of hydrogen-bond acceptors (Lipinski definition) is 10. The lowest BCUT2D eigenvalue weighted by molar-refractivity contribution is -0.417. The van der Waals surface area contributed by atoms with Crippen molar-refractivity contribution < 1.29 is 49.3 Å². The molecule has 0 aromatic rings. The molecule has 0 radical (unpaired) electrons. The van der Waals surface area contributed by atoms with Crippen LogP contribution in [-0.2, 0) is 23.7 Å². The van der Waals surface area contributed by atoms with Crippen LogP contribution in [0.4, 0.5) is 0 Å². The minimum atomic E-state index is -2.51. The van der Waals surface area contributed by atoms with Crippen LogP contribution in [0.2, 0.25) is 0 Å². The van der Waals surface area contributed by atoms with Crippen molar-refractivity contribution in [2.24, 2.45) is 11.8 Å². The standard InChI is InChI=1S/C17H26O10/c1-8(19)26-16(2)5-3-9-4-6-24-14(10(9)16)25-15-12(21)11(20)13(22)17(23,7-18)27-15/h4,6,9-15,18,20-23H,3,5,7H2,1-2H3/t9-,10?,11-,12-,13+,14?,15+,16?,17-/m1/s1. The van der Waals surface area contributed by atoms with Gasteiger partial charge in [0.2, 0.25) is 12.1 Å². The lowest BCUT2D eigenvalue weighted by Gasteiger charge is -2.46. The zero-order chi connectivity index (χ0) is 20.0. The molecular weight excluding hydrogens is 364 g/mol. The molecule has 1 saturated carbocycles. The van der Waals surface area contributed by atoms with E-state index < -0.39 is 60.8 Å². The van der Waals surface area contributed by atoms with Gasteiger partial charge in [-0.3, -0.25) is 4.79 Å². The van der Waals surface area contributed by atoms with Gasteiger partial charge in [-0.2, -0.15) is 0 Å². The lowest BCUT2D eigenvalue weighted by Crippen LogP contribution is -2.67. The molecular formula is C17H26O10. The molecule has 5 N–H and O–H groups in total. The van der Waals surface area contributed by atoms with Crippen LogP contribution in [0, 0.1) is 11.8 Å². The van der Waals surface area contributed by atoms with Crippen LogP contribution in [0.5, 0.6) is 0 Å². The Hall–Kier alpha value is -1.27. The van der Waals surface area contributed by atoms with E-state index in [2.05, 4.69) is 0 Å². The van der Waals surface area contributed by atoms with E-state index in [1.54, 1.807) is 6.92 Å². The second-order valence-electron chi connectivity index (χ2n) is 7.52. The highest BCUT2D eigenvalue weighted by Crippen LogP contribution is 2.48. The van der Waals surface area contributed by atoms with Crippen molar-refractivity contribution in [1.29, 1.82) is 0 Å². The van der Waals surface area contributed by atoms with E-state index in [1.165, 1.54) is 13.2 Å². The summed E-state index contributed by atoms with van der Waals surface area (Å²) in [7, 11) is 0. The molecule has 2 fully saturated rings. The zero-order valence-electron chi connectivity index (χ0n) is 15.1. The molecule has 3 rings (SSSR count). The van der Waals surface area contributed by atoms with Gasteiger partial charge < -0.3 is 44.5 Å². The Kier molecular flexibility index (Phi) is 5.52. The Morgan fingerprint density at radius 2 is 1.96 bits per heavy atom. The summed E-state index contributed by atoms with van der Waals surface area (Å²) < 4.78 is 21.8. The van der Waals surface area contributed by atoms with Gasteiger partial charge in [-0.25, -0.2) is 0 Å². The molecule has 3 unspecified atom stereocenters. The highest BCUT2D eigenvalue weighted by Gasteiger charge is 2.57. The Labute approximate surface area is 155 Å². The number of ether oxygens (including phenoxy) is 4. The van der Waals surface area contributed by atoms with Crippen LogP contribution >= 0.6 is 0 Å². The SMILES string of the molecule is CC(=O)OC1(C)CC[C@@H]2C=COC(O[C@H]3O[C@](O)(CO)[C@@H](O)[C@H](O)[C@H]3O)C21. The average Bonchev–Trinajstić information content (AvgIpc) is 2.95. The normalized spacial score (nSPS) is 49.4. The van der Waals surface area contributed by atoms with Crippen molar-refractivity contribution >= 4 is 5.97 Å². The number of rotatable bonds is 4. The second kappa shape index (κ2) is 7.28. The summed E-state index contributed by atoms with van der Waals surface area (Å²) in [6.45, 7) is 2.04. The first-order chi connectivity index (χ1) is 12.6. The van der Waals surface area contributed by atoms with Gasteiger partial charge in [0.15, 0.2) is 6.29 Å². The fraction of sp³-hybridized carbons (Fsp3) is 0.824. The second-order valence-corrected chi connectivity index (χ2v) is 7.52. The van der Waals surface area contributed by atoms with Crippen molar-refractivity contribution in [3.05, 3.63) is 12.3 Å². The number of allylic oxidation sites excluding steroid dienone is 1. The predicted octanol–water partition coefficient (Wildman–Crippen LogP) is -1.66. The van der Waals surface area contributed by atoms with Crippen LogP contribution < -0.4 is 0 Å². The topological polar surface area (TPSA) is 155 Å². The Balaban J connectivity index is 1.81. The van der Waals surface area contributed by atoms with Crippen molar-refractivity contribution in [3.63, 3.8) is 0 Å². The zero-order valence-corrected chi connectivity index (χ0v) is 15.1. The van der Waals surface area contributed by atoms with Crippen molar-refractivity contribution in [3.8, 4) is 0 Å². The summed E-state index contributed by atoms with van der Waals surface area (Å²) in [5, 5.41) is 49.4. The molecule has 154 valence electrons. The summed E-state index contributed by atoms with van der Waals surface area (Å²) in [5.74, 6) is -3.40. The quantitative estimate of drug-likeness (QED) is 0.352. The Morgan fingerprint density at radius 1 is 1.26 bits per heavy atom. The van der Waals surface area contributed by atoms with E-state index in [9.17, 15) is 30.3 Å². The van der Waals surface area contributed by atoms with Gasteiger partial charge in [-0.15, -0.1) is 0 Å². The third-order valence-electron chi connectivity index (χ3n) is 5.58. The Morgan fingerprint density at radius 3 is 2.59 bits per heavy atom. The predicted molar refractivity (Wildman–Crippen MR) is 86.4 cm³/mol. The molecule has 2 heterocycles. The summed E-state index contributed by atoms with van der Waals surface area (Å²) >= 11 is 0. The van der Waals surface area contributed by atoms with E-state index in [4.69, 9.17) is 18.9 Å². The average molecular weight is 390 g/mol. The van der Waals surface area contributed by atoms with E-state index >= 15 is 0 Å². The van der Waals surface area contributed by atoms with E-state index in [0.717, 1.165) is 6.42 Å². The third kappa shape index (κ3) is 3.58. The van der Waals surface area contributed by atoms with E-state index in [1.807, 2.05) is 6.08 Å². The van der Waals surface area contributed by atoms with Gasteiger partial charge >= 0.3 is 5.97 Å². The number of hydrogen-bond donors (Lipinski definition) is 5. The molecule has 0 aromatic carbocycles. The molecule has 0 spiro atoms. The number of fused-ring (bicyclic) bond motifs is 1. The molecule has 10 nitrogen and oxygen atoms in total. The van der Waals surface area contributed by atoms with Crippen LogP contribution in [0.3, 0.4) is 0 Å². The van der Waals surface area contributed by atoms with Crippen LogP contribution in [-0.4, -0.2) is 80.4 Å². The largest absolute Gasteiger partial charge is 0.472 e. The van der Waals surface area contributed by atoms with E-state index in [0.29, 0.717) is 6.42 Å². The van der Waals surface area contributed by atoms with Crippen LogP contribution in [0.1, 0.15) is 26.7 Å². The molecule has 27 heavy (non-hydrogen) atoms. The molecule has 1 saturated heterocycles. The summed E-state index contributed by atoms with van der Waals surface area (Å²) in [5.41, 5.74) is -0.878. The number of esters is 1. The maximum absolute atomic E-state index is 11.5. The molecule has 0 amide bonds. The first-order valence-corrected chi connectivity index (χ1v) is 8.84. The van der Waals surface area contributed by atoms with Gasteiger partial charge in [-0.1, -0.05) is 0 Å². The number of carbonyl (C=O) groups excluding carboxylic acids is 1. The fourth-order valence-corrected chi connectivity index (χ4v) is 4.16. The van der Waals surface area contributed by atoms with Gasteiger partial charge in [0.25, 0.3) is 0 Å². The van der Waals surface area contributed by atoms with Crippen LogP contribution in [0.15, 0.2) is 12.3 Å². The fourth-order valence-electron chi connectivity index (χ4n) is 4.16. The summed E-state index contributed by atoms with van der Waals surface area (Å²) in [6, 6.07) is 0. The molecule has 9 atom stereocenters. The molecule has 3 aliphatic rings.